The van der Waals surface area contributed by atoms with Gasteiger partial charge in [-0.05, 0) is 54.1 Å². The van der Waals surface area contributed by atoms with E-state index in [9.17, 15) is 4.79 Å². The first-order valence-electron chi connectivity index (χ1n) is 9.25. The van der Waals surface area contributed by atoms with E-state index < -0.39 is 0 Å². The highest BCUT2D eigenvalue weighted by Gasteiger charge is 2.19. The Morgan fingerprint density at radius 3 is 2.53 bits per heavy atom. The summed E-state index contributed by atoms with van der Waals surface area (Å²) in [7, 11) is 1.76. The van der Waals surface area contributed by atoms with Gasteiger partial charge in [-0.3, -0.25) is 4.79 Å². The second-order valence-electron chi connectivity index (χ2n) is 6.76. The minimum atomic E-state index is -0.124. The lowest BCUT2D eigenvalue weighted by Crippen LogP contribution is -2.33. The van der Waals surface area contributed by atoms with Crippen LogP contribution in [0.4, 0.5) is 0 Å². The van der Waals surface area contributed by atoms with E-state index in [0.717, 1.165) is 16.8 Å². The van der Waals surface area contributed by atoms with Crippen LogP contribution in [0.5, 0.6) is 0 Å². The summed E-state index contributed by atoms with van der Waals surface area (Å²) < 4.78 is 1.68. The Morgan fingerprint density at radius 2 is 1.87 bits per heavy atom. The predicted molar refractivity (Wildman–Crippen MR) is 111 cm³/mol. The Morgan fingerprint density at radius 1 is 1.13 bits per heavy atom. The molecule has 0 aliphatic rings. The molecule has 4 aromatic rings. The standard InChI is InChI=1S/C20H19ClN8O/c1-14(15-5-9-18(10-6-15)28-13-22-12-23-28)27(2)19(30)11-29-25-20(24-26-29)16-3-7-17(21)8-4-16/h3-10,12-14H,11H2,1-2H3. The van der Waals surface area contributed by atoms with Gasteiger partial charge in [-0.2, -0.15) is 9.90 Å². The van der Waals surface area contributed by atoms with Crippen molar-refractivity contribution >= 4 is 17.5 Å². The summed E-state index contributed by atoms with van der Waals surface area (Å²) in [6.07, 6.45) is 3.12. The highest BCUT2D eigenvalue weighted by Crippen LogP contribution is 2.21. The fourth-order valence-corrected chi connectivity index (χ4v) is 3.07. The van der Waals surface area contributed by atoms with Gasteiger partial charge in [0.15, 0.2) is 0 Å². The van der Waals surface area contributed by atoms with E-state index in [-0.39, 0.29) is 18.5 Å². The third-order valence-corrected chi connectivity index (χ3v) is 5.12. The quantitative estimate of drug-likeness (QED) is 0.474. The molecule has 0 N–H and O–H groups in total. The average molecular weight is 423 g/mol. The molecule has 0 saturated heterocycles. The smallest absolute Gasteiger partial charge is 0.246 e. The number of rotatable bonds is 6. The van der Waals surface area contributed by atoms with Crippen molar-refractivity contribution in [1.82, 2.24) is 39.9 Å². The molecule has 9 nitrogen and oxygen atoms in total. The van der Waals surface area contributed by atoms with E-state index >= 15 is 0 Å². The van der Waals surface area contributed by atoms with Gasteiger partial charge in [-0.1, -0.05) is 23.7 Å². The summed E-state index contributed by atoms with van der Waals surface area (Å²) >= 11 is 5.90. The molecule has 0 radical (unpaired) electrons. The first-order chi connectivity index (χ1) is 14.5. The zero-order valence-corrected chi connectivity index (χ0v) is 17.2. The molecule has 10 heteroatoms. The van der Waals surface area contributed by atoms with Crippen molar-refractivity contribution in [3.63, 3.8) is 0 Å². The lowest BCUT2D eigenvalue weighted by Gasteiger charge is -2.25. The van der Waals surface area contributed by atoms with Crippen LogP contribution in [-0.2, 0) is 11.3 Å². The first-order valence-corrected chi connectivity index (χ1v) is 9.63. The monoisotopic (exact) mass is 422 g/mol. The van der Waals surface area contributed by atoms with Gasteiger partial charge in [0, 0.05) is 17.6 Å². The number of carbonyl (C=O) groups excluding carboxylic acids is 1. The van der Waals surface area contributed by atoms with Gasteiger partial charge in [0.25, 0.3) is 0 Å². The third-order valence-electron chi connectivity index (χ3n) is 4.87. The predicted octanol–water partition coefficient (Wildman–Crippen LogP) is 2.79. The molecule has 2 heterocycles. The molecule has 4 rings (SSSR count). The highest BCUT2D eigenvalue weighted by atomic mass is 35.5. The second kappa shape index (κ2) is 8.42. The number of nitrogens with zero attached hydrogens (tertiary/aromatic N) is 8. The molecule has 2 aromatic heterocycles. The number of hydrogen-bond donors (Lipinski definition) is 0. The topological polar surface area (TPSA) is 94.6 Å². The van der Waals surface area contributed by atoms with Crippen molar-refractivity contribution < 1.29 is 4.79 Å². The van der Waals surface area contributed by atoms with Crippen LogP contribution in [0.25, 0.3) is 17.1 Å². The molecule has 1 atom stereocenters. The average Bonchev–Trinajstić information content (AvgIpc) is 3.46. The number of likely N-dealkylation sites (N-methyl/N-ethyl adjacent to an activating group) is 1. The minimum absolute atomic E-state index is 0.00152. The molecule has 0 spiro atoms. The molecular weight excluding hydrogens is 404 g/mol. The van der Waals surface area contributed by atoms with Gasteiger partial charge in [0.1, 0.15) is 19.2 Å². The number of halogens is 1. The maximum atomic E-state index is 12.7. The zero-order chi connectivity index (χ0) is 21.1. The molecule has 30 heavy (non-hydrogen) atoms. The fourth-order valence-electron chi connectivity index (χ4n) is 2.94. The maximum Gasteiger partial charge on any atom is 0.246 e. The molecule has 1 unspecified atom stereocenters. The van der Waals surface area contributed by atoms with Crippen molar-refractivity contribution in [3.8, 4) is 17.1 Å². The third kappa shape index (κ3) is 4.20. The molecule has 0 aliphatic carbocycles. The van der Waals surface area contributed by atoms with E-state index in [1.165, 1.54) is 11.1 Å². The molecular formula is C20H19ClN8O. The van der Waals surface area contributed by atoms with Gasteiger partial charge in [-0.15, -0.1) is 10.2 Å². The van der Waals surface area contributed by atoms with Gasteiger partial charge in [0.05, 0.1) is 11.7 Å². The van der Waals surface area contributed by atoms with Gasteiger partial charge in [-0.25, -0.2) is 9.67 Å². The number of benzene rings is 2. The second-order valence-corrected chi connectivity index (χ2v) is 7.20. The lowest BCUT2D eigenvalue weighted by atomic mass is 10.1. The minimum Gasteiger partial charge on any atom is -0.337 e. The molecule has 0 aliphatic heterocycles. The van der Waals surface area contributed by atoms with Crippen LogP contribution in [0.1, 0.15) is 18.5 Å². The summed E-state index contributed by atoms with van der Waals surface area (Å²) in [5, 5.41) is 17.0. The molecule has 1 amide bonds. The van der Waals surface area contributed by atoms with Gasteiger partial charge >= 0.3 is 0 Å². The van der Waals surface area contributed by atoms with Crippen molar-refractivity contribution in [2.45, 2.75) is 19.5 Å². The Hall–Kier alpha value is -3.59. The lowest BCUT2D eigenvalue weighted by molar-refractivity contribution is -0.132. The summed E-state index contributed by atoms with van der Waals surface area (Å²) in [6, 6.07) is 14.8. The SMILES string of the molecule is CC(c1ccc(-n2cncn2)cc1)N(C)C(=O)Cn1nnc(-c2ccc(Cl)cc2)n1. The number of tetrazole rings is 1. The van der Waals surface area contributed by atoms with E-state index in [1.54, 1.807) is 35.1 Å². The molecule has 0 saturated carbocycles. The van der Waals surface area contributed by atoms with Crippen LogP contribution >= 0.6 is 11.6 Å². The maximum absolute atomic E-state index is 12.7. The van der Waals surface area contributed by atoms with Crippen LogP contribution in [0.2, 0.25) is 5.02 Å². The van der Waals surface area contributed by atoms with Crippen molar-refractivity contribution in [3.05, 3.63) is 71.8 Å². The van der Waals surface area contributed by atoms with Crippen LogP contribution in [0, 0.1) is 0 Å². The Bertz CT molecular complexity index is 1120. The van der Waals surface area contributed by atoms with E-state index in [4.69, 9.17) is 11.6 Å². The van der Waals surface area contributed by atoms with Crippen LogP contribution in [0.3, 0.4) is 0 Å². The number of aromatic nitrogens is 7. The van der Waals surface area contributed by atoms with Crippen LogP contribution in [-0.4, -0.2) is 52.8 Å². The number of carbonyl (C=O) groups is 1. The van der Waals surface area contributed by atoms with Crippen molar-refractivity contribution in [2.24, 2.45) is 0 Å². The molecule has 0 fully saturated rings. The number of amides is 1. The molecule has 152 valence electrons. The number of hydrogen-bond acceptors (Lipinski definition) is 6. The Balaban J connectivity index is 1.41. The Kier molecular flexibility index (Phi) is 5.53. The van der Waals surface area contributed by atoms with E-state index in [0.29, 0.717) is 10.8 Å². The summed E-state index contributed by atoms with van der Waals surface area (Å²) in [4.78, 5) is 19.6. The fraction of sp³-hybridized carbons (Fsp3) is 0.200. The summed E-state index contributed by atoms with van der Waals surface area (Å²) in [5.41, 5.74) is 2.69. The zero-order valence-electron chi connectivity index (χ0n) is 16.4. The first kappa shape index (κ1) is 19.7. The largest absolute Gasteiger partial charge is 0.337 e. The Labute approximate surface area is 177 Å². The van der Waals surface area contributed by atoms with Crippen molar-refractivity contribution in [2.75, 3.05) is 7.05 Å². The van der Waals surface area contributed by atoms with Gasteiger partial charge < -0.3 is 4.90 Å². The van der Waals surface area contributed by atoms with E-state index in [2.05, 4.69) is 25.5 Å². The van der Waals surface area contributed by atoms with Crippen molar-refractivity contribution in [1.29, 1.82) is 0 Å². The van der Waals surface area contributed by atoms with Gasteiger partial charge in [0.2, 0.25) is 11.7 Å². The molecule has 2 aromatic carbocycles. The summed E-state index contributed by atoms with van der Waals surface area (Å²) in [6.45, 7) is 1.97. The normalized spacial score (nSPS) is 12.0. The molecule has 0 bridgehead atoms. The highest BCUT2D eigenvalue weighted by molar-refractivity contribution is 6.30. The van der Waals surface area contributed by atoms with Crippen LogP contribution < -0.4 is 0 Å². The van der Waals surface area contributed by atoms with E-state index in [1.807, 2.05) is 43.3 Å². The summed E-state index contributed by atoms with van der Waals surface area (Å²) in [5.74, 6) is 0.321. The van der Waals surface area contributed by atoms with Crippen LogP contribution in [0.15, 0.2) is 61.2 Å².